The summed E-state index contributed by atoms with van der Waals surface area (Å²) in [5.74, 6) is -2.56. The molecule has 3 aromatic rings. The van der Waals surface area contributed by atoms with E-state index >= 15 is 0 Å². The number of anilines is 3. The van der Waals surface area contributed by atoms with E-state index in [4.69, 9.17) is 15.6 Å². The van der Waals surface area contributed by atoms with Crippen molar-refractivity contribution in [3.05, 3.63) is 66.5 Å². The predicted octanol–water partition coefficient (Wildman–Crippen LogP) is 4.14. The number of hydrogen-bond donors (Lipinski definition) is 5. The van der Waals surface area contributed by atoms with E-state index in [1.807, 2.05) is 26.0 Å². The van der Waals surface area contributed by atoms with Gasteiger partial charge in [-0.3, -0.25) is 4.79 Å². The van der Waals surface area contributed by atoms with Gasteiger partial charge in [-0.25, -0.2) is 19.6 Å². The summed E-state index contributed by atoms with van der Waals surface area (Å²) in [6.45, 7) is 3.77. The molecule has 1 heterocycles. The van der Waals surface area contributed by atoms with Gasteiger partial charge >= 0.3 is 18.2 Å². The lowest BCUT2D eigenvalue weighted by Gasteiger charge is -2.11. The zero-order valence-corrected chi connectivity index (χ0v) is 19.1. The van der Waals surface area contributed by atoms with Crippen molar-refractivity contribution in [3.63, 3.8) is 0 Å². The number of carbonyl (C=O) groups excluding carboxylic acids is 2. The summed E-state index contributed by atoms with van der Waals surface area (Å²) in [5, 5.41) is 15.4. The smallest absolute Gasteiger partial charge is 0.475 e. The Hall–Kier alpha value is -4.68. The maximum Gasteiger partial charge on any atom is 0.490 e. The van der Waals surface area contributed by atoms with Crippen LogP contribution in [0.5, 0.6) is 0 Å². The standard InChI is InChI=1S/C21H22N6O2.C2HF3O2/c1-13(2)25-20(28)15-4-3-5-17(10-15)27-21(29)26-16-8-6-14(7-9-16)18-11-19(22)24-12-23-18;3-2(4,5)1(6)7/h3-13H,1-2H3,(H,25,28)(H2,22,23,24)(H2,26,27,29);(H,6,7). The molecule has 0 atom stereocenters. The molecule has 3 amide bonds. The lowest BCUT2D eigenvalue weighted by Crippen LogP contribution is -2.30. The molecule has 0 spiro atoms. The van der Waals surface area contributed by atoms with Gasteiger partial charge in [0.15, 0.2) is 0 Å². The molecular formula is C23H23F3N6O4. The second-order valence-corrected chi connectivity index (χ2v) is 7.50. The maximum absolute atomic E-state index is 12.3. The Balaban J connectivity index is 0.000000572. The Morgan fingerprint density at radius 2 is 1.56 bits per heavy atom. The summed E-state index contributed by atoms with van der Waals surface area (Å²) in [7, 11) is 0. The average molecular weight is 504 g/mol. The second kappa shape index (κ2) is 12.1. The normalized spacial score (nSPS) is 10.6. The molecule has 0 aliphatic rings. The van der Waals surface area contributed by atoms with Crippen molar-refractivity contribution in [2.45, 2.75) is 26.1 Å². The Labute approximate surface area is 203 Å². The number of carboxylic acid groups (broad SMARTS) is 1. The molecule has 0 aliphatic heterocycles. The third kappa shape index (κ3) is 8.93. The van der Waals surface area contributed by atoms with Gasteiger partial charge in [0.25, 0.3) is 5.91 Å². The number of nitrogen functional groups attached to an aromatic ring is 1. The minimum Gasteiger partial charge on any atom is -0.475 e. The summed E-state index contributed by atoms with van der Waals surface area (Å²) in [6, 6.07) is 15.2. The molecule has 0 radical (unpaired) electrons. The summed E-state index contributed by atoms with van der Waals surface area (Å²) in [5.41, 5.74) is 8.84. The SMILES string of the molecule is CC(C)NC(=O)c1cccc(NC(=O)Nc2ccc(-c3cc(N)ncn3)cc2)c1.O=C(O)C(F)(F)F. The minimum absolute atomic E-state index is 0.0316. The summed E-state index contributed by atoms with van der Waals surface area (Å²) < 4.78 is 31.7. The molecular weight excluding hydrogens is 481 g/mol. The van der Waals surface area contributed by atoms with E-state index in [-0.39, 0.29) is 11.9 Å². The fourth-order valence-electron chi connectivity index (χ4n) is 2.63. The van der Waals surface area contributed by atoms with Crippen LogP contribution in [0.3, 0.4) is 0 Å². The van der Waals surface area contributed by atoms with E-state index in [0.29, 0.717) is 28.5 Å². The first-order valence-electron chi connectivity index (χ1n) is 10.3. The first-order valence-corrected chi connectivity index (χ1v) is 10.3. The number of nitrogens with zero attached hydrogens (tertiary/aromatic N) is 2. The molecule has 0 saturated carbocycles. The van der Waals surface area contributed by atoms with Gasteiger partial charge in [0.2, 0.25) is 0 Å². The van der Waals surface area contributed by atoms with Crippen LogP contribution in [0.15, 0.2) is 60.9 Å². The lowest BCUT2D eigenvalue weighted by atomic mass is 10.1. The van der Waals surface area contributed by atoms with Crippen molar-refractivity contribution < 1.29 is 32.7 Å². The van der Waals surface area contributed by atoms with Gasteiger partial charge in [0.05, 0.1) is 5.69 Å². The zero-order valence-electron chi connectivity index (χ0n) is 19.1. The molecule has 6 N–H and O–H groups in total. The van der Waals surface area contributed by atoms with Crippen LogP contribution in [-0.4, -0.2) is 45.2 Å². The number of hydrogen-bond acceptors (Lipinski definition) is 6. The third-order valence-corrected chi connectivity index (χ3v) is 4.17. The lowest BCUT2D eigenvalue weighted by molar-refractivity contribution is -0.192. The number of nitrogens with two attached hydrogens (primary N) is 1. The highest BCUT2D eigenvalue weighted by Crippen LogP contribution is 2.20. The number of halogens is 3. The molecule has 3 rings (SSSR count). The fraction of sp³-hybridized carbons (Fsp3) is 0.174. The largest absolute Gasteiger partial charge is 0.490 e. The quantitative estimate of drug-likeness (QED) is 0.349. The van der Waals surface area contributed by atoms with Crippen molar-refractivity contribution in [1.82, 2.24) is 15.3 Å². The van der Waals surface area contributed by atoms with E-state index in [9.17, 15) is 22.8 Å². The van der Waals surface area contributed by atoms with Crippen LogP contribution in [0.25, 0.3) is 11.3 Å². The van der Waals surface area contributed by atoms with Gasteiger partial charge in [0, 0.05) is 34.6 Å². The zero-order chi connectivity index (χ0) is 26.9. The van der Waals surface area contributed by atoms with Gasteiger partial charge < -0.3 is 26.8 Å². The number of aliphatic carboxylic acids is 1. The fourth-order valence-corrected chi connectivity index (χ4v) is 2.63. The molecule has 0 aliphatic carbocycles. The highest BCUT2D eigenvalue weighted by atomic mass is 19.4. The molecule has 190 valence electrons. The number of benzene rings is 2. The molecule has 0 bridgehead atoms. The van der Waals surface area contributed by atoms with E-state index in [1.165, 1.54) is 6.33 Å². The number of carbonyl (C=O) groups is 3. The third-order valence-electron chi connectivity index (χ3n) is 4.17. The second-order valence-electron chi connectivity index (χ2n) is 7.50. The average Bonchev–Trinajstić information content (AvgIpc) is 2.79. The Bertz CT molecular complexity index is 1220. The summed E-state index contributed by atoms with van der Waals surface area (Å²) in [6.07, 6.45) is -3.68. The highest BCUT2D eigenvalue weighted by molar-refractivity contribution is 6.01. The highest BCUT2D eigenvalue weighted by Gasteiger charge is 2.38. The molecule has 0 fully saturated rings. The first-order chi connectivity index (χ1) is 16.8. The van der Waals surface area contributed by atoms with E-state index < -0.39 is 18.2 Å². The van der Waals surface area contributed by atoms with Crippen LogP contribution in [0, 0.1) is 0 Å². The molecule has 0 saturated heterocycles. The van der Waals surface area contributed by atoms with Crippen molar-refractivity contribution in [2.24, 2.45) is 0 Å². The topological polar surface area (TPSA) is 159 Å². The van der Waals surface area contributed by atoms with Crippen molar-refractivity contribution in [1.29, 1.82) is 0 Å². The molecule has 10 nitrogen and oxygen atoms in total. The van der Waals surface area contributed by atoms with Crippen molar-refractivity contribution in [2.75, 3.05) is 16.4 Å². The number of urea groups is 1. The van der Waals surface area contributed by atoms with E-state index in [1.54, 1.807) is 42.5 Å². The maximum atomic E-state index is 12.3. The van der Waals surface area contributed by atoms with Crippen molar-refractivity contribution in [3.8, 4) is 11.3 Å². The van der Waals surface area contributed by atoms with Gasteiger partial charge in [-0.15, -0.1) is 0 Å². The molecule has 36 heavy (non-hydrogen) atoms. The number of carboxylic acids is 1. The summed E-state index contributed by atoms with van der Waals surface area (Å²) in [4.78, 5) is 41.3. The van der Waals surface area contributed by atoms with Gasteiger partial charge in [-0.05, 0) is 44.2 Å². The van der Waals surface area contributed by atoms with Crippen LogP contribution in [0.1, 0.15) is 24.2 Å². The van der Waals surface area contributed by atoms with Gasteiger partial charge in [-0.1, -0.05) is 18.2 Å². The minimum atomic E-state index is -5.08. The Kier molecular flexibility index (Phi) is 9.30. The van der Waals surface area contributed by atoms with E-state index in [0.717, 1.165) is 5.56 Å². The van der Waals surface area contributed by atoms with Crippen LogP contribution < -0.4 is 21.7 Å². The molecule has 0 unspecified atom stereocenters. The number of aromatic nitrogens is 2. The monoisotopic (exact) mass is 504 g/mol. The van der Waals surface area contributed by atoms with Crippen molar-refractivity contribution >= 4 is 35.1 Å². The Morgan fingerprint density at radius 3 is 2.11 bits per heavy atom. The van der Waals surface area contributed by atoms with Crippen LogP contribution in [0.4, 0.5) is 35.2 Å². The molecule has 1 aromatic heterocycles. The molecule has 13 heteroatoms. The van der Waals surface area contributed by atoms with Crippen LogP contribution in [0.2, 0.25) is 0 Å². The number of alkyl halides is 3. The van der Waals surface area contributed by atoms with E-state index in [2.05, 4.69) is 25.9 Å². The van der Waals surface area contributed by atoms with Gasteiger partial charge in [-0.2, -0.15) is 13.2 Å². The van der Waals surface area contributed by atoms with Crippen LogP contribution >= 0.6 is 0 Å². The number of nitrogens with one attached hydrogen (secondary N) is 3. The number of rotatable bonds is 5. The first kappa shape index (κ1) is 27.6. The Morgan fingerprint density at radius 1 is 0.944 bits per heavy atom. The van der Waals surface area contributed by atoms with Crippen LogP contribution in [-0.2, 0) is 4.79 Å². The molecule has 2 aromatic carbocycles. The predicted molar refractivity (Wildman–Crippen MR) is 127 cm³/mol. The summed E-state index contributed by atoms with van der Waals surface area (Å²) >= 11 is 0. The number of amides is 3. The van der Waals surface area contributed by atoms with Gasteiger partial charge in [0.1, 0.15) is 12.1 Å².